The summed E-state index contributed by atoms with van der Waals surface area (Å²) in [6.45, 7) is 20.8. The van der Waals surface area contributed by atoms with Gasteiger partial charge in [0.25, 0.3) is 0 Å². The van der Waals surface area contributed by atoms with E-state index in [1.54, 1.807) is 18.0 Å². The van der Waals surface area contributed by atoms with Gasteiger partial charge < -0.3 is 38.4 Å². The van der Waals surface area contributed by atoms with Crippen molar-refractivity contribution in [2.75, 3.05) is 38.8 Å². The number of carbonyl (C=O) groups excluding carboxylic acids is 3. The Kier molecular flexibility index (Phi) is 10.7. The third-order valence-corrected chi connectivity index (χ3v) is 12.8. The summed E-state index contributed by atoms with van der Waals surface area (Å²) in [5.74, 6) is -0.254. The standard InChI is InChI=1S/C47H64N4O8/c1-30-31(33-13-15-37(48-38(33)40(54)58-42(2,3)4)50-18-17-32-35(22-50)34(39(53)56-11)12-14-36(32)52)16-19-51(30)29-46-24-44(8)23-45(9,25-46)27-47(26-44,28-46)57-21-20-49(10)41(55)59-43(5,6)7/h12-16,19,52H,17-18,20-29H2,1-11H3. The van der Waals surface area contributed by atoms with Crippen LogP contribution >= 0.6 is 0 Å². The van der Waals surface area contributed by atoms with Gasteiger partial charge in [-0.2, -0.15) is 0 Å². The summed E-state index contributed by atoms with van der Waals surface area (Å²) in [6.07, 6.45) is 8.74. The minimum absolute atomic E-state index is 0.0223. The molecular formula is C47H64N4O8. The Morgan fingerprint density at radius 1 is 0.847 bits per heavy atom. The van der Waals surface area contributed by atoms with Gasteiger partial charge in [-0.3, -0.25) is 0 Å². The van der Waals surface area contributed by atoms with Gasteiger partial charge in [-0.05, 0) is 146 Å². The van der Waals surface area contributed by atoms with E-state index in [0.29, 0.717) is 55.2 Å². The summed E-state index contributed by atoms with van der Waals surface area (Å²) in [7, 11) is 3.11. The number of aromatic nitrogens is 2. The second-order valence-electron chi connectivity index (χ2n) is 20.9. The van der Waals surface area contributed by atoms with Crippen molar-refractivity contribution >= 4 is 23.8 Å². The van der Waals surface area contributed by atoms with Crippen LogP contribution in [0.2, 0.25) is 0 Å². The molecule has 2 aromatic heterocycles. The molecule has 4 fully saturated rings. The van der Waals surface area contributed by atoms with Crippen LogP contribution in [0.25, 0.3) is 11.1 Å². The number of anilines is 1. The van der Waals surface area contributed by atoms with E-state index in [1.165, 1.54) is 19.6 Å². The number of aromatic hydroxyl groups is 1. The second-order valence-corrected chi connectivity index (χ2v) is 20.9. The number of phenolic OH excluding ortho intramolecular Hbond substituents is 1. The number of carbonyl (C=O) groups is 3. The van der Waals surface area contributed by atoms with Gasteiger partial charge in [0.1, 0.15) is 22.8 Å². The molecule has 4 aliphatic carbocycles. The van der Waals surface area contributed by atoms with Gasteiger partial charge in [0, 0.05) is 61.8 Å². The zero-order valence-electron chi connectivity index (χ0n) is 37.0. The molecular weight excluding hydrogens is 749 g/mol. The van der Waals surface area contributed by atoms with Crippen molar-refractivity contribution in [3.8, 4) is 16.9 Å². The number of rotatable bonds is 10. The topological polar surface area (TPSA) is 133 Å². The first-order chi connectivity index (χ1) is 27.4. The molecule has 1 aliphatic heterocycles. The highest BCUT2D eigenvalue weighted by Gasteiger charge is 2.66. The highest BCUT2D eigenvalue weighted by atomic mass is 16.6. The van der Waals surface area contributed by atoms with E-state index in [1.807, 2.05) is 58.6 Å². The van der Waals surface area contributed by atoms with Crippen LogP contribution in [0.3, 0.4) is 0 Å². The van der Waals surface area contributed by atoms with Gasteiger partial charge in [0.2, 0.25) is 0 Å². The Morgan fingerprint density at radius 2 is 1.53 bits per heavy atom. The number of hydrogen-bond acceptors (Lipinski definition) is 10. The molecule has 5 aliphatic rings. The summed E-state index contributed by atoms with van der Waals surface area (Å²) < 4.78 is 25.9. The molecule has 3 aromatic rings. The van der Waals surface area contributed by atoms with Gasteiger partial charge in [0.15, 0.2) is 5.69 Å². The Labute approximate surface area is 349 Å². The summed E-state index contributed by atoms with van der Waals surface area (Å²) in [5.41, 5.74) is 3.48. The number of likely N-dealkylation sites (N-methyl/N-ethyl adjacent to an activating group) is 1. The first-order valence-corrected chi connectivity index (χ1v) is 21.1. The minimum Gasteiger partial charge on any atom is -0.508 e. The molecule has 3 heterocycles. The molecule has 2 atom stereocenters. The highest BCUT2D eigenvalue weighted by Crippen LogP contribution is 2.72. The van der Waals surface area contributed by atoms with Crippen LogP contribution in [0.5, 0.6) is 5.75 Å². The summed E-state index contributed by atoms with van der Waals surface area (Å²) >= 11 is 0. The second kappa shape index (κ2) is 14.9. The molecule has 0 saturated heterocycles. The molecule has 1 aromatic carbocycles. The van der Waals surface area contributed by atoms with Crippen LogP contribution in [-0.2, 0) is 38.5 Å². The van der Waals surface area contributed by atoms with E-state index < -0.39 is 23.1 Å². The number of esters is 2. The third-order valence-electron chi connectivity index (χ3n) is 12.8. The van der Waals surface area contributed by atoms with Crippen molar-refractivity contribution in [2.24, 2.45) is 16.2 Å². The summed E-state index contributed by atoms with van der Waals surface area (Å²) in [5, 5.41) is 10.6. The number of pyridine rings is 1. The van der Waals surface area contributed by atoms with E-state index in [0.717, 1.165) is 55.5 Å². The van der Waals surface area contributed by atoms with Crippen LogP contribution in [0, 0.1) is 23.2 Å². The predicted molar refractivity (Wildman–Crippen MR) is 226 cm³/mol. The predicted octanol–water partition coefficient (Wildman–Crippen LogP) is 8.87. The van der Waals surface area contributed by atoms with Crippen LogP contribution in [-0.4, -0.2) is 88.2 Å². The first kappa shape index (κ1) is 42.5. The number of phenols is 1. The van der Waals surface area contributed by atoms with E-state index in [2.05, 4.69) is 37.6 Å². The first-order valence-electron chi connectivity index (χ1n) is 21.1. The lowest BCUT2D eigenvalue weighted by molar-refractivity contribution is -0.248. The zero-order valence-corrected chi connectivity index (χ0v) is 37.0. The molecule has 4 bridgehead atoms. The van der Waals surface area contributed by atoms with Crippen LogP contribution in [0.1, 0.15) is 132 Å². The Balaban J connectivity index is 1.16. The van der Waals surface area contributed by atoms with Crippen molar-refractivity contribution in [1.82, 2.24) is 14.5 Å². The fourth-order valence-electron chi connectivity index (χ4n) is 11.8. The largest absolute Gasteiger partial charge is 0.508 e. The summed E-state index contributed by atoms with van der Waals surface area (Å²) in [4.78, 5) is 48.0. The van der Waals surface area contributed by atoms with E-state index in [-0.39, 0.29) is 39.4 Å². The molecule has 2 unspecified atom stereocenters. The maximum Gasteiger partial charge on any atom is 0.410 e. The van der Waals surface area contributed by atoms with Gasteiger partial charge in [0.05, 0.1) is 24.9 Å². The number of nitrogens with zero attached hydrogens (tertiary/aromatic N) is 4. The molecule has 59 heavy (non-hydrogen) atoms. The average Bonchev–Trinajstić information content (AvgIpc) is 3.46. The number of ether oxygens (including phenoxy) is 4. The lowest BCUT2D eigenvalue weighted by atomic mass is 9.39. The molecule has 1 N–H and O–H groups in total. The quantitative estimate of drug-likeness (QED) is 0.156. The van der Waals surface area contributed by atoms with Gasteiger partial charge in [-0.25, -0.2) is 19.4 Å². The van der Waals surface area contributed by atoms with Crippen LogP contribution in [0.15, 0.2) is 36.5 Å². The third kappa shape index (κ3) is 8.70. The Hall–Kier alpha value is -4.58. The molecule has 4 saturated carbocycles. The van der Waals surface area contributed by atoms with Crippen molar-refractivity contribution < 1.29 is 38.4 Å². The molecule has 0 spiro atoms. The van der Waals surface area contributed by atoms with Crippen LogP contribution < -0.4 is 4.90 Å². The number of hydrogen-bond donors (Lipinski definition) is 1. The fraction of sp³-hybridized carbons (Fsp3) is 0.617. The Bertz CT molecular complexity index is 2130. The zero-order chi connectivity index (χ0) is 42.9. The van der Waals surface area contributed by atoms with Gasteiger partial charge >= 0.3 is 18.0 Å². The number of fused-ring (bicyclic) bond motifs is 1. The molecule has 320 valence electrons. The lowest BCUT2D eigenvalue weighted by Gasteiger charge is -2.69. The van der Waals surface area contributed by atoms with Crippen LogP contribution in [0.4, 0.5) is 10.6 Å². The fourth-order valence-corrected chi connectivity index (χ4v) is 11.8. The van der Waals surface area contributed by atoms with Gasteiger partial charge in [-0.1, -0.05) is 13.8 Å². The maximum absolute atomic E-state index is 14.0. The highest BCUT2D eigenvalue weighted by molar-refractivity contribution is 5.96. The van der Waals surface area contributed by atoms with Crippen molar-refractivity contribution in [2.45, 2.75) is 137 Å². The average molecular weight is 813 g/mol. The van der Waals surface area contributed by atoms with Crippen molar-refractivity contribution in [3.05, 3.63) is 64.6 Å². The normalized spacial score (nSPS) is 26.1. The number of amides is 1. The molecule has 0 radical (unpaired) electrons. The lowest BCUT2D eigenvalue weighted by Crippen LogP contribution is -2.64. The smallest absolute Gasteiger partial charge is 0.410 e. The number of methoxy groups -OCH3 is 1. The maximum atomic E-state index is 14.0. The van der Waals surface area contributed by atoms with Gasteiger partial charge in [-0.15, -0.1) is 0 Å². The molecule has 1 amide bonds. The van der Waals surface area contributed by atoms with Crippen molar-refractivity contribution in [3.63, 3.8) is 0 Å². The SMILES string of the molecule is COC(=O)c1ccc(O)c2c1CN(c1ccc(-c3ccn(CC45CC6(C)CC(C)(C4)CC(OCCN(C)C(=O)OC(C)(C)C)(C6)C5)c3C)c(C(=O)OC(C)(C)C)n1)CC2. The minimum atomic E-state index is -0.738. The molecule has 12 heteroatoms. The monoisotopic (exact) mass is 812 g/mol. The number of benzene rings is 1. The van der Waals surface area contributed by atoms with E-state index >= 15 is 0 Å². The summed E-state index contributed by atoms with van der Waals surface area (Å²) in [6, 6.07) is 9.09. The van der Waals surface area contributed by atoms with E-state index in [9.17, 15) is 19.5 Å². The van der Waals surface area contributed by atoms with E-state index in [4.69, 9.17) is 23.9 Å². The Morgan fingerprint density at radius 3 is 2.17 bits per heavy atom. The molecule has 12 nitrogen and oxygen atoms in total. The molecule has 8 rings (SSSR count). The van der Waals surface area contributed by atoms with Crippen molar-refractivity contribution in [1.29, 1.82) is 0 Å².